The van der Waals surface area contributed by atoms with Gasteiger partial charge in [-0.15, -0.1) is 0 Å². The Morgan fingerprint density at radius 2 is 0.491 bits per heavy atom. The molecule has 2 heterocycles. The van der Waals surface area contributed by atoms with E-state index in [0.717, 1.165) is 39.8 Å². The van der Waals surface area contributed by atoms with Gasteiger partial charge >= 0.3 is 0 Å². The summed E-state index contributed by atoms with van der Waals surface area (Å²) in [6.07, 6.45) is 0. The Labute approximate surface area is 627 Å². The summed E-state index contributed by atoms with van der Waals surface area (Å²) in [5.74, 6) is 0. The van der Waals surface area contributed by atoms with Crippen LogP contribution in [-0.4, -0.2) is 9.13 Å². The third kappa shape index (κ3) is 11.3. The fourth-order valence-corrected chi connectivity index (χ4v) is 16.6. The molecule has 0 N–H and O–H groups in total. The van der Waals surface area contributed by atoms with Crippen LogP contribution in [0.2, 0.25) is 0 Å². The highest BCUT2D eigenvalue weighted by Gasteiger charge is 2.23. The lowest BCUT2D eigenvalue weighted by Gasteiger charge is -2.29. The van der Waals surface area contributed by atoms with Crippen molar-refractivity contribution in [1.82, 2.24) is 9.13 Å². The van der Waals surface area contributed by atoms with Gasteiger partial charge in [0.1, 0.15) is 0 Å². The van der Waals surface area contributed by atoms with Gasteiger partial charge in [-0.1, -0.05) is 303 Å². The number of fused-ring (bicyclic) bond motifs is 11. The molecule has 0 aliphatic heterocycles. The van der Waals surface area contributed by atoms with Gasteiger partial charge in [-0.3, -0.25) is 0 Å². The van der Waals surface area contributed by atoms with Crippen molar-refractivity contribution in [3.05, 3.63) is 425 Å². The molecule has 0 saturated carbocycles. The fourth-order valence-electron chi connectivity index (χ4n) is 16.6. The average Bonchev–Trinajstić information content (AvgIpc) is 1.58. The Kier molecular flexibility index (Phi) is 15.9. The number of hydrogen-bond donors (Lipinski definition) is 0. The highest BCUT2D eigenvalue weighted by atomic mass is 15.2. The predicted octanol–water partition coefficient (Wildman–Crippen LogP) is 28.9. The molecule has 2 aromatic heterocycles. The molecule has 0 fully saturated rings. The lowest BCUT2D eigenvalue weighted by Crippen LogP contribution is -2.11. The maximum Gasteiger partial charge on any atom is 0.0541 e. The molecular weight excluding hydrogens is 1310 g/mol. The highest BCUT2D eigenvalue weighted by Crippen LogP contribution is 2.47. The minimum atomic E-state index is 1.11. The summed E-state index contributed by atoms with van der Waals surface area (Å²) in [4.78, 5) is 4.83. The number of aromatic nitrogens is 2. The van der Waals surface area contributed by atoms with Crippen molar-refractivity contribution in [2.24, 2.45) is 0 Å². The van der Waals surface area contributed by atoms with E-state index in [0.29, 0.717) is 0 Å². The van der Waals surface area contributed by atoms with Crippen molar-refractivity contribution in [2.45, 2.75) is 0 Å². The number of hydrogen-bond acceptors (Lipinski definition) is 2. The lowest BCUT2D eigenvalue weighted by atomic mass is 9.97. The highest BCUT2D eigenvalue weighted by molar-refractivity contribution is 6.13. The second-order valence-corrected chi connectivity index (χ2v) is 27.9. The summed E-state index contributed by atoms with van der Waals surface area (Å²) in [7, 11) is 0. The first-order chi connectivity index (χ1) is 53.6. The first kappa shape index (κ1) is 63.4. The zero-order valence-electron chi connectivity index (χ0n) is 59.2. The van der Waals surface area contributed by atoms with Crippen LogP contribution in [0.25, 0.3) is 153 Å². The van der Waals surface area contributed by atoms with Crippen LogP contribution in [0.15, 0.2) is 425 Å². The van der Waals surface area contributed by atoms with Gasteiger partial charge in [-0.05, 0) is 203 Å². The van der Waals surface area contributed by atoms with Crippen molar-refractivity contribution in [3.63, 3.8) is 0 Å². The van der Waals surface area contributed by atoms with Crippen molar-refractivity contribution in [3.8, 4) is 55.9 Å². The molecule has 4 nitrogen and oxygen atoms in total. The molecular formula is C104H70N4. The SMILES string of the molecule is c1ccc(-n2c3ccccc3c3cc(-c4ccc5cc(N(c6ccc(-c7cccc8ccccc78)cc6)c6cccc7ccccc67)ccc5c4)ccc32)cc1.c1ccc(-n2c3ccccc3c3cc(-c4ccccc4N(c4ccc(-c5cccc6ccccc56)cc4)c4cccc5ccccc45)ccc32)cc1. The molecule has 0 aliphatic carbocycles. The Balaban J connectivity index is 0.000000143. The Morgan fingerprint density at radius 1 is 0.157 bits per heavy atom. The summed E-state index contributed by atoms with van der Waals surface area (Å²) in [5.41, 5.74) is 23.6. The van der Waals surface area contributed by atoms with Crippen LogP contribution in [0.5, 0.6) is 0 Å². The minimum Gasteiger partial charge on any atom is -0.310 e. The predicted molar refractivity (Wildman–Crippen MR) is 460 cm³/mol. The van der Waals surface area contributed by atoms with E-state index in [1.165, 1.54) is 148 Å². The van der Waals surface area contributed by atoms with E-state index in [1.54, 1.807) is 0 Å². The van der Waals surface area contributed by atoms with Crippen LogP contribution in [0, 0.1) is 0 Å². The Bertz CT molecular complexity index is 6970. The topological polar surface area (TPSA) is 16.3 Å². The van der Waals surface area contributed by atoms with Crippen LogP contribution in [0.3, 0.4) is 0 Å². The van der Waals surface area contributed by atoms with Crippen molar-refractivity contribution >= 4 is 132 Å². The van der Waals surface area contributed by atoms with Crippen LogP contribution >= 0.6 is 0 Å². The second-order valence-electron chi connectivity index (χ2n) is 27.9. The molecule has 0 saturated heterocycles. The summed E-state index contributed by atoms with van der Waals surface area (Å²) < 4.78 is 4.75. The number of para-hydroxylation sites is 5. The number of anilines is 6. The summed E-state index contributed by atoms with van der Waals surface area (Å²) in [5, 5.41) is 17.3. The standard InChI is InChI=1S/C54H36N2.C50H34N2/c1-2-16-44(17-3-1)56-53-22-9-8-20-50(53)51-36-43(29-33-54(51)56)40-24-25-42-35-46(32-28-41(42)34-40)55(52-23-11-15-38-13-5-7-19-49(38)52)45-30-26-39(27-31-45)48-21-10-14-37-12-4-6-18-47(37)48;1-2-18-39(19-3-1)51-49-26-11-9-23-45(49)46-34-38(30-33-50(46)51)44-22-8-10-25-47(44)52(48-27-13-17-36-15-5-7-21-43(36)48)40-31-28-37(29-32-40)42-24-12-16-35-14-4-6-20-41(35)42/h1-36H;1-34H. The van der Waals surface area contributed by atoms with Gasteiger partial charge in [0.15, 0.2) is 0 Å². The fraction of sp³-hybridized carbons (Fsp3) is 0. The maximum atomic E-state index is 2.43. The quantitative estimate of drug-likeness (QED) is 0.121. The molecule has 4 heteroatoms. The van der Waals surface area contributed by atoms with Gasteiger partial charge in [0.05, 0.1) is 39.1 Å². The molecule has 0 radical (unpaired) electrons. The summed E-state index contributed by atoms with van der Waals surface area (Å²) >= 11 is 0. The monoisotopic (exact) mass is 1370 g/mol. The third-order valence-corrected chi connectivity index (χ3v) is 21.7. The van der Waals surface area contributed by atoms with Gasteiger partial charge in [0.25, 0.3) is 0 Å². The molecule has 21 aromatic rings. The summed E-state index contributed by atoms with van der Waals surface area (Å²) in [6, 6.07) is 154. The largest absolute Gasteiger partial charge is 0.310 e. The first-order valence-electron chi connectivity index (χ1n) is 37.1. The van der Waals surface area contributed by atoms with Gasteiger partial charge in [0.2, 0.25) is 0 Å². The third-order valence-electron chi connectivity index (χ3n) is 21.7. The Hall–Kier alpha value is -14.3. The smallest absolute Gasteiger partial charge is 0.0541 e. The Morgan fingerprint density at radius 3 is 1.04 bits per heavy atom. The average molecular weight is 1380 g/mol. The molecule has 0 aliphatic rings. The van der Waals surface area contributed by atoms with Crippen molar-refractivity contribution in [1.29, 1.82) is 0 Å². The van der Waals surface area contributed by atoms with Crippen molar-refractivity contribution < 1.29 is 0 Å². The van der Waals surface area contributed by atoms with Crippen molar-refractivity contribution in [2.75, 3.05) is 9.80 Å². The zero-order valence-corrected chi connectivity index (χ0v) is 59.2. The van der Waals surface area contributed by atoms with E-state index in [1.807, 2.05) is 0 Å². The zero-order chi connectivity index (χ0) is 71.4. The molecule has 0 spiro atoms. The summed E-state index contributed by atoms with van der Waals surface area (Å²) in [6.45, 7) is 0. The van der Waals surface area contributed by atoms with Crippen LogP contribution in [0.1, 0.15) is 0 Å². The van der Waals surface area contributed by atoms with Gasteiger partial charge in [-0.25, -0.2) is 0 Å². The van der Waals surface area contributed by atoms with E-state index in [2.05, 4.69) is 444 Å². The minimum absolute atomic E-state index is 1.11. The molecule has 21 rings (SSSR count). The lowest BCUT2D eigenvalue weighted by molar-refractivity contribution is 1.18. The van der Waals surface area contributed by atoms with E-state index >= 15 is 0 Å². The van der Waals surface area contributed by atoms with Gasteiger partial charge < -0.3 is 18.9 Å². The van der Waals surface area contributed by atoms with Crippen LogP contribution in [0.4, 0.5) is 34.1 Å². The van der Waals surface area contributed by atoms with Crippen LogP contribution < -0.4 is 9.80 Å². The number of nitrogens with zero attached hydrogens (tertiary/aromatic N) is 4. The van der Waals surface area contributed by atoms with Gasteiger partial charge in [0, 0.05) is 66.3 Å². The van der Waals surface area contributed by atoms with E-state index in [4.69, 9.17) is 0 Å². The molecule has 506 valence electrons. The molecule has 0 atom stereocenters. The molecule has 19 aromatic carbocycles. The number of benzene rings is 19. The molecule has 108 heavy (non-hydrogen) atoms. The molecule has 0 bridgehead atoms. The first-order valence-corrected chi connectivity index (χ1v) is 37.1. The number of rotatable bonds is 12. The molecule has 0 amide bonds. The molecule has 0 unspecified atom stereocenters. The van der Waals surface area contributed by atoms with Gasteiger partial charge in [-0.2, -0.15) is 0 Å². The normalized spacial score (nSPS) is 11.5. The second kappa shape index (κ2) is 27.1. The van der Waals surface area contributed by atoms with E-state index < -0.39 is 0 Å². The van der Waals surface area contributed by atoms with Crippen LogP contribution in [-0.2, 0) is 0 Å². The maximum absolute atomic E-state index is 2.43. The van der Waals surface area contributed by atoms with E-state index in [9.17, 15) is 0 Å². The van der Waals surface area contributed by atoms with E-state index in [-0.39, 0.29) is 0 Å².